The Morgan fingerprint density at radius 2 is 1.89 bits per heavy atom. The Morgan fingerprint density at radius 3 is 2.62 bits per heavy atom. The van der Waals surface area contributed by atoms with Crippen molar-refractivity contribution < 1.29 is 14.3 Å². The molecule has 0 saturated carbocycles. The van der Waals surface area contributed by atoms with E-state index < -0.39 is 5.91 Å². The van der Waals surface area contributed by atoms with Gasteiger partial charge in [-0.3, -0.25) is 24.3 Å². The smallest absolute Gasteiger partial charge is 0.267 e. The number of aromatic nitrogens is 3. The average molecular weight is 503 g/mol. The number of morpholine rings is 1. The highest BCUT2D eigenvalue weighted by Gasteiger charge is 2.19. The third-order valence-corrected chi connectivity index (χ3v) is 6.73. The van der Waals surface area contributed by atoms with Gasteiger partial charge in [-0.05, 0) is 42.3 Å². The van der Waals surface area contributed by atoms with E-state index in [1.165, 1.54) is 10.5 Å². The highest BCUT2D eigenvalue weighted by Crippen LogP contribution is 2.14. The van der Waals surface area contributed by atoms with Crippen molar-refractivity contribution in [3.8, 4) is 5.75 Å². The fraction of sp³-hybridized carbons (Fsp3) is 0.333. The van der Waals surface area contributed by atoms with Gasteiger partial charge in [-0.15, -0.1) is 0 Å². The molecule has 0 bridgehead atoms. The number of nitrogens with zero attached hydrogens (tertiary/aromatic N) is 4. The molecule has 10 heteroatoms. The zero-order valence-electron chi connectivity index (χ0n) is 21.0. The Hall–Kier alpha value is -4.02. The minimum Gasteiger partial charge on any atom is -0.497 e. The first-order valence-corrected chi connectivity index (χ1v) is 12.3. The molecular formula is C27H30N6O4. The summed E-state index contributed by atoms with van der Waals surface area (Å²) in [7, 11) is 1.60. The zero-order chi connectivity index (χ0) is 25.9. The van der Waals surface area contributed by atoms with Crippen LogP contribution >= 0.6 is 0 Å². The molecule has 0 unspecified atom stereocenters. The summed E-state index contributed by atoms with van der Waals surface area (Å²) in [5.41, 5.74) is 2.58. The molecule has 5 rings (SSSR count). The van der Waals surface area contributed by atoms with E-state index in [1.807, 2.05) is 37.3 Å². The summed E-state index contributed by atoms with van der Waals surface area (Å²) < 4.78 is 13.8. The van der Waals surface area contributed by atoms with Gasteiger partial charge in [0.15, 0.2) is 0 Å². The number of ether oxygens (including phenoxy) is 2. The topological polar surface area (TPSA) is 114 Å². The number of rotatable bonds is 7. The maximum atomic E-state index is 13.5. The molecule has 4 aromatic rings. The van der Waals surface area contributed by atoms with Crippen molar-refractivity contribution in [1.29, 1.82) is 5.41 Å². The summed E-state index contributed by atoms with van der Waals surface area (Å²) in [5, 5.41) is 12.1. The number of carbonyl (C=O) groups is 1. The molecule has 0 aliphatic carbocycles. The van der Waals surface area contributed by atoms with Gasteiger partial charge in [-0.25, -0.2) is 4.98 Å². The normalized spacial score (nSPS) is 14.2. The SMILES string of the molecule is COc1ccc(CNC(=O)c2cc3c(=O)n4cccc(C)c4nc3n(CCN3CCOCC3)c2=N)cc1. The maximum Gasteiger partial charge on any atom is 0.267 e. The summed E-state index contributed by atoms with van der Waals surface area (Å²) in [6.07, 6.45) is 1.67. The predicted molar refractivity (Wildman–Crippen MR) is 139 cm³/mol. The van der Waals surface area contributed by atoms with Crippen molar-refractivity contribution in [3.63, 3.8) is 0 Å². The van der Waals surface area contributed by atoms with Gasteiger partial charge in [0.05, 0.1) is 31.3 Å². The van der Waals surface area contributed by atoms with Gasteiger partial charge < -0.3 is 19.4 Å². The van der Waals surface area contributed by atoms with Crippen LogP contribution in [0.4, 0.5) is 0 Å². The lowest BCUT2D eigenvalue weighted by molar-refractivity contribution is 0.0363. The summed E-state index contributed by atoms with van der Waals surface area (Å²) in [6, 6.07) is 12.6. The Balaban J connectivity index is 1.55. The van der Waals surface area contributed by atoms with Crippen LogP contribution in [0.15, 0.2) is 53.5 Å². The lowest BCUT2D eigenvalue weighted by Gasteiger charge is -2.27. The summed E-state index contributed by atoms with van der Waals surface area (Å²) in [5.74, 6) is 0.311. The molecule has 10 nitrogen and oxygen atoms in total. The van der Waals surface area contributed by atoms with Crippen LogP contribution in [0, 0.1) is 12.3 Å². The van der Waals surface area contributed by atoms with Gasteiger partial charge in [0.1, 0.15) is 22.5 Å². The summed E-state index contributed by atoms with van der Waals surface area (Å²) >= 11 is 0. The van der Waals surface area contributed by atoms with Gasteiger partial charge in [-0.2, -0.15) is 0 Å². The largest absolute Gasteiger partial charge is 0.497 e. The maximum absolute atomic E-state index is 13.5. The molecule has 192 valence electrons. The molecule has 1 amide bonds. The number of methoxy groups -OCH3 is 1. The molecule has 4 heterocycles. The van der Waals surface area contributed by atoms with E-state index in [9.17, 15) is 9.59 Å². The van der Waals surface area contributed by atoms with Gasteiger partial charge in [0.25, 0.3) is 11.5 Å². The van der Waals surface area contributed by atoms with Crippen LogP contribution in [-0.2, 0) is 17.8 Å². The number of hydrogen-bond acceptors (Lipinski definition) is 7. The van der Waals surface area contributed by atoms with Gasteiger partial charge in [-0.1, -0.05) is 18.2 Å². The lowest BCUT2D eigenvalue weighted by Crippen LogP contribution is -2.41. The molecule has 1 saturated heterocycles. The van der Waals surface area contributed by atoms with E-state index in [1.54, 1.807) is 23.9 Å². The van der Waals surface area contributed by atoms with Crippen LogP contribution in [0.25, 0.3) is 16.7 Å². The van der Waals surface area contributed by atoms with E-state index in [-0.39, 0.29) is 23.2 Å². The van der Waals surface area contributed by atoms with E-state index >= 15 is 0 Å². The average Bonchev–Trinajstić information content (AvgIpc) is 2.92. The second-order valence-electron chi connectivity index (χ2n) is 9.08. The van der Waals surface area contributed by atoms with Gasteiger partial charge in [0, 0.05) is 38.9 Å². The molecule has 0 atom stereocenters. The molecule has 1 aliphatic heterocycles. The van der Waals surface area contributed by atoms with E-state index in [0.29, 0.717) is 43.0 Å². The standard InChI is InChI=1S/C27H30N6O4/c1-18-4-3-9-33-24(18)30-25-22(27(33)35)16-21(23(28)32(25)11-10-31-12-14-37-15-13-31)26(34)29-17-19-5-7-20(36-2)8-6-19/h3-9,16,28H,10-15,17H2,1-2H3,(H,29,34). The summed E-state index contributed by atoms with van der Waals surface area (Å²) in [4.78, 5) is 33.8. The highest BCUT2D eigenvalue weighted by molar-refractivity contribution is 5.96. The molecule has 2 N–H and O–H groups in total. The molecule has 37 heavy (non-hydrogen) atoms. The number of fused-ring (bicyclic) bond motifs is 2. The Kier molecular flexibility index (Phi) is 7.02. The number of nitrogens with one attached hydrogen (secondary N) is 2. The predicted octanol–water partition coefficient (Wildman–Crippen LogP) is 1.71. The fourth-order valence-corrected chi connectivity index (χ4v) is 4.57. The lowest BCUT2D eigenvalue weighted by atomic mass is 10.1. The van der Waals surface area contributed by atoms with Crippen LogP contribution < -0.4 is 21.1 Å². The second kappa shape index (κ2) is 10.5. The first-order valence-electron chi connectivity index (χ1n) is 12.3. The molecule has 3 aromatic heterocycles. The van der Waals surface area contributed by atoms with Crippen LogP contribution in [0.3, 0.4) is 0 Å². The third-order valence-electron chi connectivity index (χ3n) is 6.73. The number of pyridine rings is 2. The fourth-order valence-electron chi connectivity index (χ4n) is 4.57. The summed E-state index contributed by atoms with van der Waals surface area (Å²) in [6.45, 7) is 6.17. The molecule has 0 spiro atoms. The number of benzene rings is 1. The third kappa shape index (κ3) is 4.98. The van der Waals surface area contributed by atoms with Crippen molar-refractivity contribution in [2.45, 2.75) is 20.0 Å². The minimum atomic E-state index is -0.420. The van der Waals surface area contributed by atoms with Crippen LogP contribution in [0.1, 0.15) is 21.5 Å². The van der Waals surface area contributed by atoms with Gasteiger partial charge >= 0.3 is 0 Å². The first-order chi connectivity index (χ1) is 18.0. The van der Waals surface area contributed by atoms with Crippen molar-refractivity contribution >= 4 is 22.6 Å². The van der Waals surface area contributed by atoms with E-state index in [2.05, 4.69) is 10.2 Å². The molecular weight excluding hydrogens is 472 g/mol. The van der Waals surface area contributed by atoms with Crippen LogP contribution in [-0.4, -0.2) is 64.7 Å². The first kappa shape index (κ1) is 24.7. The van der Waals surface area contributed by atoms with Crippen LogP contribution in [0.2, 0.25) is 0 Å². The van der Waals surface area contributed by atoms with Crippen molar-refractivity contribution in [3.05, 3.63) is 81.2 Å². The number of aryl methyl sites for hydroxylation is 1. The Morgan fingerprint density at radius 1 is 1.14 bits per heavy atom. The second-order valence-corrected chi connectivity index (χ2v) is 9.08. The van der Waals surface area contributed by atoms with Crippen molar-refractivity contribution in [1.82, 2.24) is 24.2 Å². The number of hydrogen-bond donors (Lipinski definition) is 2. The van der Waals surface area contributed by atoms with Crippen LogP contribution in [0.5, 0.6) is 5.75 Å². The Bertz CT molecular complexity index is 1570. The van der Waals surface area contributed by atoms with E-state index in [4.69, 9.17) is 19.9 Å². The quantitative estimate of drug-likeness (QED) is 0.372. The monoisotopic (exact) mass is 502 g/mol. The highest BCUT2D eigenvalue weighted by atomic mass is 16.5. The molecule has 0 radical (unpaired) electrons. The number of carbonyl (C=O) groups excluding carboxylic acids is 1. The molecule has 1 aliphatic rings. The van der Waals surface area contributed by atoms with Gasteiger partial charge in [0.2, 0.25) is 0 Å². The van der Waals surface area contributed by atoms with Crippen molar-refractivity contribution in [2.75, 3.05) is 40.0 Å². The van der Waals surface area contributed by atoms with Crippen molar-refractivity contribution in [2.24, 2.45) is 0 Å². The zero-order valence-corrected chi connectivity index (χ0v) is 21.0. The molecule has 1 fully saturated rings. The minimum absolute atomic E-state index is 0.0258. The Labute approximate surface area is 213 Å². The molecule has 1 aromatic carbocycles. The van der Waals surface area contributed by atoms with E-state index in [0.717, 1.165) is 30.0 Å². The number of amides is 1.